The van der Waals surface area contributed by atoms with Crippen molar-refractivity contribution in [1.82, 2.24) is 26.2 Å². The fourth-order valence-electron chi connectivity index (χ4n) is 13.9. The molecule has 3 aromatic carbocycles. The van der Waals surface area contributed by atoms with Crippen LogP contribution in [0.1, 0.15) is 169 Å². The first kappa shape index (κ1) is 84.0. The second kappa shape index (κ2) is 41.6. The monoisotopic (exact) mass is 1440 g/mol. The van der Waals surface area contributed by atoms with Crippen molar-refractivity contribution in [2.24, 2.45) is 41.4 Å². The van der Waals surface area contributed by atoms with Gasteiger partial charge in [-0.15, -0.1) is 0 Å². The van der Waals surface area contributed by atoms with Crippen molar-refractivity contribution in [3.05, 3.63) is 131 Å². The number of hydrogen-bond acceptors (Lipinski definition) is 16. The maximum Gasteiger partial charge on any atom is 0.224 e. The molecule has 4 amide bonds. The van der Waals surface area contributed by atoms with Crippen molar-refractivity contribution >= 4 is 58.3 Å². The first-order chi connectivity index (χ1) is 49.6. The Kier molecular flexibility index (Phi) is 33.6. The topological polar surface area (TPSA) is 286 Å². The van der Waals surface area contributed by atoms with E-state index in [0.29, 0.717) is 130 Å². The lowest BCUT2D eigenvalue weighted by atomic mass is 9.87. The molecule has 4 fully saturated rings. The van der Waals surface area contributed by atoms with E-state index in [2.05, 4.69) is 38.3 Å². The third kappa shape index (κ3) is 28.6. The molecule has 4 heterocycles. The van der Waals surface area contributed by atoms with Gasteiger partial charge in [-0.25, -0.2) is 5.21 Å². The van der Waals surface area contributed by atoms with E-state index in [1.807, 2.05) is 146 Å². The van der Waals surface area contributed by atoms with E-state index >= 15 is 0 Å². The van der Waals surface area contributed by atoms with E-state index in [-0.39, 0.29) is 109 Å². The van der Waals surface area contributed by atoms with Crippen LogP contribution in [0.3, 0.4) is 0 Å². The number of amides is 4. The van der Waals surface area contributed by atoms with Crippen molar-refractivity contribution in [1.29, 1.82) is 0 Å². The smallest absolute Gasteiger partial charge is 0.224 e. The second-order valence-corrected chi connectivity index (χ2v) is 31.2. The summed E-state index contributed by atoms with van der Waals surface area (Å²) in [5.41, 5.74) is 2.26. The first-order valence-electron chi connectivity index (χ1n) is 38.2. The summed E-state index contributed by atoms with van der Waals surface area (Å²) in [5.74, 6) is -5.09. The minimum absolute atomic E-state index is 0.00172. The van der Waals surface area contributed by atoms with E-state index < -0.39 is 75.5 Å². The fourth-order valence-corrected chi connectivity index (χ4v) is 13.9. The zero-order chi connectivity index (χ0) is 75.4. The number of ketones is 6. The maximum atomic E-state index is 14.2. The molecular formula is C83H119N6O15+. The molecule has 21 heteroatoms. The highest BCUT2D eigenvalue weighted by Crippen LogP contribution is 2.32. The Bertz CT molecular complexity index is 3350. The molecule has 4 saturated heterocycles. The predicted molar refractivity (Wildman–Crippen MR) is 398 cm³/mol. The number of ether oxygens (including phenoxy) is 4. The van der Waals surface area contributed by atoms with Gasteiger partial charge >= 0.3 is 0 Å². The summed E-state index contributed by atoms with van der Waals surface area (Å²) in [6.45, 7) is 22.0. The SMILES string of the molecule is CC(C)C[C@H](NC(=O)[C@H](CCC1=CC=CCC1)CC(=O)CN1CCOCC1)C(=O)C[C@@H](Cc1ccccc1)C(=O)N[C@@H](CC(C)C)C(=O)[C@@]1(C)CO1.CCC[C@H](NC(=O)[C@@H](CC(=O)[C@H](CC(C)C)NC(=O)[C@H](CCc1ccccc1)CC(=O)C[N+]1(O)CCOCC1)Cc1ccccc1)C(=O)[C@@]1(C)CO1. The van der Waals surface area contributed by atoms with E-state index in [1.165, 1.54) is 5.57 Å². The van der Waals surface area contributed by atoms with Crippen LogP contribution in [0.4, 0.5) is 0 Å². The van der Waals surface area contributed by atoms with Crippen LogP contribution in [0.25, 0.3) is 0 Å². The van der Waals surface area contributed by atoms with Gasteiger partial charge in [-0.2, -0.15) is 4.65 Å². The number of carbonyl (C=O) groups excluding carboxylic acids is 10. The molecule has 8 rings (SSSR count). The highest BCUT2D eigenvalue weighted by atomic mass is 16.6. The number of nitrogens with zero attached hydrogens (tertiary/aromatic N) is 2. The van der Waals surface area contributed by atoms with Crippen molar-refractivity contribution < 1.29 is 76.7 Å². The Morgan fingerprint density at radius 2 is 0.923 bits per heavy atom. The van der Waals surface area contributed by atoms with Crippen LogP contribution in [0.5, 0.6) is 0 Å². The van der Waals surface area contributed by atoms with Crippen LogP contribution in [-0.2, 0) is 86.2 Å². The number of Topliss-reactive ketones (excluding diaryl/α,β-unsaturated/α-hetero) is 6. The molecule has 104 heavy (non-hydrogen) atoms. The van der Waals surface area contributed by atoms with Gasteiger partial charge in [0.1, 0.15) is 30.1 Å². The number of hydroxylamine groups is 3. The summed E-state index contributed by atoms with van der Waals surface area (Å²) in [5, 5.41) is 22.9. The molecule has 10 atom stereocenters. The molecule has 0 saturated carbocycles. The molecule has 0 unspecified atom stereocenters. The number of hydrogen-bond donors (Lipinski definition) is 5. The number of carbonyl (C=O) groups is 10. The largest absolute Gasteiger partial charge is 0.379 e. The van der Waals surface area contributed by atoms with Crippen LogP contribution < -0.4 is 21.3 Å². The number of morpholine rings is 2. The van der Waals surface area contributed by atoms with Gasteiger partial charge in [0.05, 0.1) is 70.4 Å². The predicted octanol–water partition coefficient (Wildman–Crippen LogP) is 9.61. The summed E-state index contributed by atoms with van der Waals surface area (Å²) in [7, 11) is 0. The van der Waals surface area contributed by atoms with Crippen molar-refractivity contribution in [2.45, 2.75) is 207 Å². The van der Waals surface area contributed by atoms with Crippen molar-refractivity contribution in [2.75, 3.05) is 78.9 Å². The number of quaternary nitrogens is 1. The molecule has 0 bridgehead atoms. The molecule has 0 aromatic heterocycles. The molecule has 3 aromatic rings. The number of nitrogens with one attached hydrogen (secondary N) is 4. The van der Waals surface area contributed by atoms with E-state index in [0.717, 1.165) is 29.5 Å². The van der Waals surface area contributed by atoms with E-state index in [1.54, 1.807) is 13.8 Å². The van der Waals surface area contributed by atoms with Gasteiger partial charge < -0.3 is 40.2 Å². The van der Waals surface area contributed by atoms with Gasteiger partial charge in [0.15, 0.2) is 35.5 Å². The number of rotatable bonds is 44. The van der Waals surface area contributed by atoms with Crippen molar-refractivity contribution in [3.63, 3.8) is 0 Å². The van der Waals surface area contributed by atoms with Crippen LogP contribution in [0, 0.1) is 41.4 Å². The average Bonchev–Trinajstić information content (AvgIpc) is 1.56. The Labute approximate surface area is 617 Å². The normalized spacial score (nSPS) is 20.7. The van der Waals surface area contributed by atoms with Gasteiger partial charge in [0.25, 0.3) is 0 Å². The van der Waals surface area contributed by atoms with Crippen molar-refractivity contribution in [3.8, 4) is 0 Å². The van der Waals surface area contributed by atoms with Gasteiger partial charge in [-0.3, -0.25) is 52.8 Å². The van der Waals surface area contributed by atoms with Gasteiger partial charge in [-0.05, 0) is 125 Å². The van der Waals surface area contributed by atoms with E-state index in [4.69, 9.17) is 18.9 Å². The fraction of sp³-hybridized carbons (Fsp3) is 0.614. The number of epoxide rings is 2. The summed E-state index contributed by atoms with van der Waals surface area (Å²) in [4.78, 5) is 140. The zero-order valence-electron chi connectivity index (χ0n) is 63.3. The molecule has 5 aliphatic rings. The Balaban J connectivity index is 0.000000291. The second-order valence-electron chi connectivity index (χ2n) is 31.2. The quantitative estimate of drug-likeness (QED) is 0.0260. The summed E-state index contributed by atoms with van der Waals surface area (Å²) < 4.78 is 21.2. The first-order valence-corrected chi connectivity index (χ1v) is 38.2. The van der Waals surface area contributed by atoms with Crippen LogP contribution in [0.15, 0.2) is 115 Å². The van der Waals surface area contributed by atoms with Gasteiger partial charge in [0, 0.05) is 62.4 Å². The minimum atomic E-state index is -0.898. The number of benzene rings is 3. The third-order valence-electron chi connectivity index (χ3n) is 20.4. The van der Waals surface area contributed by atoms with Crippen LogP contribution in [-0.4, -0.2) is 187 Å². The molecule has 5 N–H and O–H groups in total. The van der Waals surface area contributed by atoms with Crippen LogP contribution >= 0.6 is 0 Å². The number of allylic oxidation sites excluding steroid dienone is 4. The van der Waals surface area contributed by atoms with E-state index in [9.17, 15) is 53.2 Å². The zero-order valence-corrected chi connectivity index (χ0v) is 63.3. The number of aryl methyl sites for hydroxylation is 1. The Morgan fingerprint density at radius 1 is 0.510 bits per heavy atom. The molecule has 21 nitrogen and oxygen atoms in total. The molecule has 4 aliphatic heterocycles. The molecule has 0 radical (unpaired) electrons. The highest BCUT2D eigenvalue weighted by Gasteiger charge is 2.51. The summed E-state index contributed by atoms with van der Waals surface area (Å²) in [6, 6.07) is 25.5. The highest BCUT2D eigenvalue weighted by molar-refractivity contribution is 6.00. The standard InChI is InChI=1S/C42H61N3O7.C41H57N3O8/c1-29(2)22-36(43-40(49)33(17-16-31-12-8-6-9-13-31)25-35(46)27-45-18-20-51-21-19-45)38(47)26-34(24-32-14-10-7-11-15-32)41(50)44-37(23-30(3)4)39(48)42(5)28-52-42;1-5-12-35(38(47)41(4)28-52-41)42-40(49)33(24-31-15-10-7-11-16-31)26-37(46)36(23-29(2)3)43-39(48)32(18-17-30-13-8-6-9-14-30)25-34(45)27-44(50)19-21-51-22-20-44/h6-8,10-12,14-15,29-30,33-34,36-37H,9,13,16-28H2,1-5H3,(H,43,49)(H,44,50);6-11,13-16,29,32-33,35-36,50H,5,12,17-28H2,1-4H3,(H-,42,43,48,49)/p+1/t33-,34-,36+,37+,42-;32-,33-,35+,36+,41-/m11/s1. The summed E-state index contributed by atoms with van der Waals surface area (Å²) >= 11 is 0. The maximum absolute atomic E-state index is 14.2. The van der Waals surface area contributed by atoms with Gasteiger partial charge in [0.2, 0.25) is 23.6 Å². The molecule has 570 valence electrons. The lowest BCUT2D eigenvalue weighted by Crippen LogP contribution is -2.55. The molecular weight excluding hydrogens is 1320 g/mol. The lowest BCUT2D eigenvalue weighted by Gasteiger charge is -2.33. The molecule has 0 spiro atoms. The average molecular weight is 1440 g/mol. The minimum Gasteiger partial charge on any atom is -0.379 e. The Morgan fingerprint density at radius 3 is 1.38 bits per heavy atom. The third-order valence-corrected chi connectivity index (χ3v) is 20.4. The van der Waals surface area contributed by atoms with Gasteiger partial charge in [-0.1, -0.05) is 170 Å². The summed E-state index contributed by atoms with van der Waals surface area (Å²) in [6.07, 6.45) is 13.0. The lowest BCUT2D eigenvalue weighted by molar-refractivity contribution is -1.10. The Hall–Kier alpha value is -7.24. The molecule has 1 aliphatic carbocycles. The van der Waals surface area contributed by atoms with Crippen LogP contribution in [0.2, 0.25) is 0 Å².